The highest BCUT2D eigenvalue weighted by Crippen LogP contribution is 2.36. The Morgan fingerprint density at radius 2 is 0.646 bits per heavy atom. The third-order valence-electron chi connectivity index (χ3n) is 8.36. The maximum atomic E-state index is 4.97. The molecule has 0 aliphatic rings. The summed E-state index contributed by atoms with van der Waals surface area (Å²) in [6.45, 7) is 0. The first-order chi connectivity index (χ1) is 23.8. The van der Waals surface area contributed by atoms with Crippen LogP contribution in [0.5, 0.6) is 0 Å². The Labute approximate surface area is 279 Å². The van der Waals surface area contributed by atoms with Crippen molar-refractivity contribution < 1.29 is 0 Å². The second-order valence-corrected chi connectivity index (χ2v) is 11.4. The summed E-state index contributed by atoms with van der Waals surface area (Å²) in [5.74, 6) is 1.90. The summed E-state index contributed by atoms with van der Waals surface area (Å²) in [4.78, 5) is 23.5. The highest BCUT2D eigenvalue weighted by Gasteiger charge is 2.14. The molecule has 0 aliphatic carbocycles. The monoisotopic (exact) mass is 615 g/mol. The van der Waals surface area contributed by atoms with Crippen molar-refractivity contribution in [1.29, 1.82) is 0 Å². The average molecular weight is 616 g/mol. The summed E-state index contributed by atoms with van der Waals surface area (Å²) in [7, 11) is 0. The molecule has 0 saturated carbocycles. The van der Waals surface area contributed by atoms with Gasteiger partial charge in [-0.3, -0.25) is 9.97 Å². The van der Waals surface area contributed by atoms with Crippen LogP contribution >= 0.6 is 0 Å². The molecule has 0 aliphatic heterocycles. The maximum absolute atomic E-state index is 4.97. The zero-order valence-corrected chi connectivity index (χ0v) is 26.0. The maximum Gasteiger partial charge on any atom is 0.164 e. The lowest BCUT2D eigenvalue weighted by Gasteiger charge is -2.13. The van der Waals surface area contributed by atoms with Crippen LogP contribution in [0.3, 0.4) is 0 Å². The van der Waals surface area contributed by atoms with Crippen molar-refractivity contribution in [1.82, 2.24) is 24.9 Å². The molecule has 0 fully saturated rings. The fourth-order valence-electron chi connectivity index (χ4n) is 5.86. The minimum atomic E-state index is 0.625. The first-order valence-corrected chi connectivity index (χ1v) is 15.8. The minimum absolute atomic E-state index is 0.625. The molecule has 0 unspecified atom stereocenters. The molecule has 5 heteroatoms. The van der Waals surface area contributed by atoms with Crippen molar-refractivity contribution >= 4 is 0 Å². The first-order valence-electron chi connectivity index (χ1n) is 15.8. The van der Waals surface area contributed by atoms with Gasteiger partial charge in [-0.2, -0.15) is 0 Å². The molecule has 0 N–H and O–H groups in total. The topological polar surface area (TPSA) is 64.5 Å². The minimum Gasteiger partial charge on any atom is -0.264 e. The molecule has 0 bridgehead atoms. The standard InChI is InChI=1S/C43H29N5/c1-3-9-30(10-4-1)31-15-19-34(20-16-31)42-46-41(33-11-5-2-6-12-33)47-43(48-42)35-21-17-32(18-22-35)36-23-24-39(37-13-7-25-44-28-37)40(27-36)38-14-8-26-45-29-38/h1-29H. The number of pyridine rings is 2. The molecular weight excluding hydrogens is 587 g/mol. The lowest BCUT2D eigenvalue weighted by atomic mass is 9.92. The average Bonchev–Trinajstić information content (AvgIpc) is 3.19. The lowest BCUT2D eigenvalue weighted by Crippen LogP contribution is -2.00. The van der Waals surface area contributed by atoms with Crippen LogP contribution in [0, 0.1) is 0 Å². The van der Waals surface area contributed by atoms with Gasteiger partial charge in [-0.15, -0.1) is 0 Å². The molecule has 5 nitrogen and oxygen atoms in total. The lowest BCUT2D eigenvalue weighted by molar-refractivity contribution is 1.07. The van der Waals surface area contributed by atoms with E-state index in [1.807, 2.05) is 60.9 Å². The van der Waals surface area contributed by atoms with E-state index in [0.29, 0.717) is 17.5 Å². The number of aromatic nitrogens is 5. The highest BCUT2D eigenvalue weighted by molar-refractivity contribution is 5.87. The van der Waals surface area contributed by atoms with Gasteiger partial charge in [0.1, 0.15) is 0 Å². The van der Waals surface area contributed by atoms with Crippen molar-refractivity contribution in [2.75, 3.05) is 0 Å². The van der Waals surface area contributed by atoms with Gasteiger partial charge in [0.15, 0.2) is 17.5 Å². The Morgan fingerprint density at radius 3 is 1.15 bits per heavy atom. The molecule has 0 amide bonds. The van der Waals surface area contributed by atoms with Crippen LogP contribution in [-0.4, -0.2) is 24.9 Å². The smallest absolute Gasteiger partial charge is 0.164 e. The number of hydrogen-bond acceptors (Lipinski definition) is 5. The van der Waals surface area contributed by atoms with Crippen molar-refractivity contribution in [3.63, 3.8) is 0 Å². The molecule has 3 aromatic heterocycles. The van der Waals surface area contributed by atoms with E-state index < -0.39 is 0 Å². The first kappa shape index (κ1) is 28.9. The molecule has 0 saturated heterocycles. The summed E-state index contributed by atoms with van der Waals surface area (Å²) in [5.41, 5.74) is 11.6. The molecule has 8 aromatic rings. The largest absolute Gasteiger partial charge is 0.264 e. The fourth-order valence-corrected chi connectivity index (χ4v) is 5.86. The van der Waals surface area contributed by atoms with Crippen molar-refractivity contribution in [2.45, 2.75) is 0 Å². The van der Waals surface area contributed by atoms with Crippen LogP contribution in [0.4, 0.5) is 0 Å². The van der Waals surface area contributed by atoms with E-state index in [1.54, 1.807) is 12.4 Å². The zero-order valence-electron chi connectivity index (χ0n) is 26.0. The Balaban J connectivity index is 1.17. The molecule has 0 radical (unpaired) electrons. The number of nitrogens with zero attached hydrogens (tertiary/aromatic N) is 5. The van der Waals surface area contributed by atoms with Crippen LogP contribution < -0.4 is 0 Å². The summed E-state index contributed by atoms with van der Waals surface area (Å²) < 4.78 is 0. The van der Waals surface area contributed by atoms with Crippen molar-refractivity contribution in [2.24, 2.45) is 0 Å². The van der Waals surface area contributed by atoms with Crippen molar-refractivity contribution in [3.05, 3.63) is 176 Å². The van der Waals surface area contributed by atoms with Gasteiger partial charge in [-0.25, -0.2) is 15.0 Å². The van der Waals surface area contributed by atoms with E-state index in [0.717, 1.165) is 55.6 Å². The second-order valence-electron chi connectivity index (χ2n) is 11.4. The van der Waals surface area contributed by atoms with Gasteiger partial charge in [-0.05, 0) is 51.6 Å². The third kappa shape index (κ3) is 6.00. The predicted molar refractivity (Wildman–Crippen MR) is 193 cm³/mol. The summed E-state index contributed by atoms with van der Waals surface area (Å²) in [5, 5.41) is 0. The van der Waals surface area contributed by atoms with Crippen molar-refractivity contribution in [3.8, 4) is 78.7 Å². The number of benzene rings is 5. The fraction of sp³-hybridized carbons (Fsp3) is 0. The molecule has 48 heavy (non-hydrogen) atoms. The van der Waals surface area contributed by atoms with Gasteiger partial charge in [-0.1, -0.05) is 133 Å². The SMILES string of the molecule is c1ccc(-c2ccc(-c3nc(-c4ccccc4)nc(-c4ccc(-c5ccc(-c6cccnc6)c(-c6cccnc6)c5)cc4)n3)cc2)cc1. The van der Waals surface area contributed by atoms with Crippen LogP contribution in [0.25, 0.3) is 78.7 Å². The van der Waals surface area contributed by atoms with Gasteiger partial charge in [0.2, 0.25) is 0 Å². The summed E-state index contributed by atoms with van der Waals surface area (Å²) in [6, 6.07) is 51.9. The Bertz CT molecular complexity index is 2290. The second kappa shape index (κ2) is 13.0. The van der Waals surface area contributed by atoms with Gasteiger partial charge < -0.3 is 0 Å². The Hall–Kier alpha value is -6.59. The summed E-state index contributed by atoms with van der Waals surface area (Å²) >= 11 is 0. The normalized spacial score (nSPS) is 10.9. The molecular formula is C43H29N5. The van der Waals surface area contributed by atoms with E-state index in [4.69, 9.17) is 15.0 Å². The quantitative estimate of drug-likeness (QED) is 0.178. The predicted octanol–water partition coefficient (Wildman–Crippen LogP) is 10.3. The molecule has 226 valence electrons. The molecule has 8 rings (SSSR count). The van der Waals surface area contributed by atoms with Crippen LogP contribution in [0.2, 0.25) is 0 Å². The van der Waals surface area contributed by atoms with E-state index in [1.165, 1.54) is 5.56 Å². The third-order valence-corrected chi connectivity index (χ3v) is 8.36. The number of rotatable bonds is 7. The molecule has 3 heterocycles. The van der Waals surface area contributed by atoms with Crippen LogP contribution in [0.1, 0.15) is 0 Å². The van der Waals surface area contributed by atoms with Gasteiger partial charge in [0, 0.05) is 52.6 Å². The van der Waals surface area contributed by atoms with Crippen LogP contribution in [0.15, 0.2) is 176 Å². The van der Waals surface area contributed by atoms with E-state index in [-0.39, 0.29) is 0 Å². The summed E-state index contributed by atoms with van der Waals surface area (Å²) in [6.07, 6.45) is 7.39. The molecule has 0 spiro atoms. The van der Waals surface area contributed by atoms with Gasteiger partial charge in [0.25, 0.3) is 0 Å². The Kier molecular flexibility index (Phi) is 7.83. The van der Waals surface area contributed by atoms with Gasteiger partial charge in [0.05, 0.1) is 0 Å². The van der Waals surface area contributed by atoms with E-state index in [2.05, 4.69) is 113 Å². The highest BCUT2D eigenvalue weighted by atomic mass is 15.0. The van der Waals surface area contributed by atoms with Gasteiger partial charge >= 0.3 is 0 Å². The Morgan fingerprint density at radius 1 is 0.271 bits per heavy atom. The molecule has 5 aromatic carbocycles. The van der Waals surface area contributed by atoms with E-state index >= 15 is 0 Å². The zero-order chi connectivity index (χ0) is 32.1. The van der Waals surface area contributed by atoms with Crippen LogP contribution in [-0.2, 0) is 0 Å². The molecule has 0 atom stereocenters. The van der Waals surface area contributed by atoms with E-state index in [9.17, 15) is 0 Å². The number of hydrogen-bond donors (Lipinski definition) is 0.